The number of methoxy groups -OCH3 is 1. The molecule has 0 unspecified atom stereocenters. The Bertz CT molecular complexity index is 613. The van der Waals surface area contributed by atoms with Crippen molar-refractivity contribution < 1.29 is 9.53 Å². The number of aryl methyl sites for hydroxylation is 1. The Labute approximate surface area is 124 Å². The van der Waals surface area contributed by atoms with Crippen molar-refractivity contribution in [2.45, 2.75) is 6.92 Å². The summed E-state index contributed by atoms with van der Waals surface area (Å²) in [5, 5.41) is 7.10. The average molecular weight is 287 g/mol. The lowest BCUT2D eigenvalue weighted by Crippen LogP contribution is -2.33. The van der Waals surface area contributed by atoms with E-state index in [1.54, 1.807) is 13.3 Å². The van der Waals surface area contributed by atoms with Gasteiger partial charge in [0.15, 0.2) is 0 Å². The molecule has 0 saturated heterocycles. The topological polar surface area (TPSA) is 63.2 Å². The van der Waals surface area contributed by atoms with Crippen molar-refractivity contribution in [1.29, 1.82) is 0 Å². The molecule has 2 aromatic rings. The molecule has 1 aromatic heterocycles. The lowest BCUT2D eigenvalue weighted by molar-refractivity contribution is 0.0953. The molecule has 2 rings (SSSR count). The summed E-state index contributed by atoms with van der Waals surface area (Å²) in [6, 6.07) is 7.84. The van der Waals surface area contributed by atoms with E-state index in [-0.39, 0.29) is 5.91 Å². The minimum atomic E-state index is -0.0840. The number of nitrogens with zero attached hydrogens (tertiary/aromatic N) is 1. The number of para-hydroxylation sites is 1. The molecule has 0 radical (unpaired) electrons. The SMILES string of the molecule is COCCNCCNC(=O)c1cnc2ccccc2c1C. The summed E-state index contributed by atoms with van der Waals surface area (Å²) in [6.45, 7) is 4.70. The van der Waals surface area contributed by atoms with Crippen LogP contribution >= 0.6 is 0 Å². The van der Waals surface area contributed by atoms with Crippen molar-refractivity contribution in [3.05, 3.63) is 41.6 Å². The largest absolute Gasteiger partial charge is 0.383 e. The number of pyridine rings is 1. The number of nitrogens with one attached hydrogen (secondary N) is 2. The summed E-state index contributed by atoms with van der Waals surface area (Å²) in [6.07, 6.45) is 1.64. The first kappa shape index (κ1) is 15.4. The summed E-state index contributed by atoms with van der Waals surface area (Å²) in [5.41, 5.74) is 2.50. The van der Waals surface area contributed by atoms with Crippen molar-refractivity contribution in [1.82, 2.24) is 15.6 Å². The van der Waals surface area contributed by atoms with E-state index in [2.05, 4.69) is 15.6 Å². The molecule has 5 heteroatoms. The highest BCUT2D eigenvalue weighted by molar-refractivity contribution is 5.99. The monoisotopic (exact) mass is 287 g/mol. The summed E-state index contributed by atoms with van der Waals surface area (Å²) in [4.78, 5) is 16.5. The van der Waals surface area contributed by atoms with Crippen molar-refractivity contribution in [3.63, 3.8) is 0 Å². The zero-order valence-corrected chi connectivity index (χ0v) is 12.5. The van der Waals surface area contributed by atoms with Crippen molar-refractivity contribution in [2.75, 3.05) is 33.4 Å². The van der Waals surface area contributed by atoms with Gasteiger partial charge in [-0.15, -0.1) is 0 Å². The Balaban J connectivity index is 1.95. The average Bonchev–Trinajstić information content (AvgIpc) is 2.51. The van der Waals surface area contributed by atoms with Crippen LogP contribution in [0.15, 0.2) is 30.5 Å². The molecule has 1 heterocycles. The predicted molar refractivity (Wildman–Crippen MR) is 83.6 cm³/mol. The van der Waals surface area contributed by atoms with Crippen molar-refractivity contribution >= 4 is 16.8 Å². The van der Waals surface area contributed by atoms with E-state index in [1.807, 2.05) is 31.2 Å². The van der Waals surface area contributed by atoms with Crippen LogP contribution in [0.1, 0.15) is 15.9 Å². The van der Waals surface area contributed by atoms with Gasteiger partial charge in [-0.2, -0.15) is 0 Å². The summed E-state index contributed by atoms with van der Waals surface area (Å²) >= 11 is 0. The van der Waals surface area contributed by atoms with Gasteiger partial charge in [-0.25, -0.2) is 0 Å². The van der Waals surface area contributed by atoms with E-state index in [4.69, 9.17) is 4.74 Å². The maximum atomic E-state index is 12.2. The Kier molecular flexibility index (Phi) is 5.66. The van der Waals surface area contributed by atoms with Crippen LogP contribution in [0.25, 0.3) is 10.9 Å². The number of fused-ring (bicyclic) bond motifs is 1. The van der Waals surface area contributed by atoms with Crippen LogP contribution in [0, 0.1) is 6.92 Å². The number of aromatic nitrogens is 1. The molecule has 5 nitrogen and oxygen atoms in total. The summed E-state index contributed by atoms with van der Waals surface area (Å²) in [7, 11) is 1.67. The van der Waals surface area contributed by atoms with E-state index in [0.717, 1.165) is 29.6 Å². The number of hydrogen-bond acceptors (Lipinski definition) is 4. The van der Waals surface area contributed by atoms with E-state index in [1.165, 1.54) is 0 Å². The second kappa shape index (κ2) is 7.71. The molecule has 0 aliphatic carbocycles. The van der Waals surface area contributed by atoms with Gasteiger partial charge in [-0.05, 0) is 18.6 Å². The van der Waals surface area contributed by atoms with E-state index >= 15 is 0 Å². The van der Waals surface area contributed by atoms with Crippen LogP contribution in [0.4, 0.5) is 0 Å². The molecule has 0 aliphatic heterocycles. The van der Waals surface area contributed by atoms with Gasteiger partial charge < -0.3 is 15.4 Å². The summed E-state index contributed by atoms with van der Waals surface area (Å²) < 4.78 is 4.94. The third-order valence-electron chi connectivity index (χ3n) is 3.36. The van der Waals surface area contributed by atoms with Crippen molar-refractivity contribution in [2.24, 2.45) is 0 Å². The molecule has 2 N–H and O–H groups in total. The Morgan fingerprint density at radius 1 is 1.24 bits per heavy atom. The van der Waals surface area contributed by atoms with Crippen LogP contribution in [0.3, 0.4) is 0 Å². The number of benzene rings is 1. The second-order valence-electron chi connectivity index (χ2n) is 4.81. The zero-order valence-electron chi connectivity index (χ0n) is 12.5. The fourth-order valence-electron chi connectivity index (χ4n) is 2.17. The first-order valence-electron chi connectivity index (χ1n) is 7.06. The quantitative estimate of drug-likeness (QED) is 0.758. The maximum absolute atomic E-state index is 12.2. The Morgan fingerprint density at radius 2 is 2.05 bits per heavy atom. The predicted octanol–water partition coefficient (Wildman–Crippen LogP) is 1.51. The Hall–Kier alpha value is -1.98. The van der Waals surface area contributed by atoms with E-state index in [0.29, 0.717) is 18.7 Å². The molecule has 1 amide bonds. The van der Waals surface area contributed by atoms with Gasteiger partial charge in [-0.1, -0.05) is 18.2 Å². The smallest absolute Gasteiger partial charge is 0.253 e. The fourth-order valence-corrected chi connectivity index (χ4v) is 2.17. The first-order chi connectivity index (χ1) is 10.2. The molecule has 0 atom stereocenters. The highest BCUT2D eigenvalue weighted by Crippen LogP contribution is 2.19. The summed E-state index contributed by atoms with van der Waals surface area (Å²) in [5.74, 6) is -0.0840. The third kappa shape index (κ3) is 4.00. The van der Waals surface area contributed by atoms with Gasteiger partial charge in [0.2, 0.25) is 0 Å². The van der Waals surface area contributed by atoms with Gasteiger partial charge in [-0.3, -0.25) is 9.78 Å². The van der Waals surface area contributed by atoms with Crippen LogP contribution in [-0.4, -0.2) is 44.2 Å². The molecule has 0 bridgehead atoms. The molecule has 0 saturated carbocycles. The highest BCUT2D eigenvalue weighted by atomic mass is 16.5. The molecule has 0 fully saturated rings. The van der Waals surface area contributed by atoms with Gasteiger partial charge in [0.1, 0.15) is 0 Å². The van der Waals surface area contributed by atoms with Crippen LogP contribution in [0.5, 0.6) is 0 Å². The van der Waals surface area contributed by atoms with Crippen LogP contribution in [0.2, 0.25) is 0 Å². The normalized spacial score (nSPS) is 10.8. The second-order valence-corrected chi connectivity index (χ2v) is 4.81. The minimum Gasteiger partial charge on any atom is -0.383 e. The maximum Gasteiger partial charge on any atom is 0.253 e. The molecular weight excluding hydrogens is 266 g/mol. The highest BCUT2D eigenvalue weighted by Gasteiger charge is 2.11. The first-order valence-corrected chi connectivity index (χ1v) is 7.06. The standard InChI is InChI=1S/C16H21N3O2/c1-12-13-5-3-4-6-15(13)19-11-14(12)16(20)18-8-7-17-9-10-21-2/h3-6,11,17H,7-10H2,1-2H3,(H,18,20). The number of carbonyl (C=O) groups excluding carboxylic acids is 1. The molecule has 1 aromatic carbocycles. The van der Waals surface area contributed by atoms with Gasteiger partial charge in [0.05, 0.1) is 17.7 Å². The van der Waals surface area contributed by atoms with Crippen LogP contribution < -0.4 is 10.6 Å². The van der Waals surface area contributed by atoms with E-state index in [9.17, 15) is 4.79 Å². The molecule has 21 heavy (non-hydrogen) atoms. The van der Waals surface area contributed by atoms with E-state index < -0.39 is 0 Å². The van der Waals surface area contributed by atoms with Gasteiger partial charge in [0.25, 0.3) is 5.91 Å². The van der Waals surface area contributed by atoms with Gasteiger partial charge >= 0.3 is 0 Å². The zero-order chi connectivity index (χ0) is 15.1. The molecule has 0 spiro atoms. The van der Waals surface area contributed by atoms with Crippen LogP contribution in [-0.2, 0) is 4.74 Å². The molecule has 0 aliphatic rings. The number of ether oxygens (including phenoxy) is 1. The lowest BCUT2D eigenvalue weighted by atomic mass is 10.0. The van der Waals surface area contributed by atoms with Crippen molar-refractivity contribution in [3.8, 4) is 0 Å². The number of hydrogen-bond donors (Lipinski definition) is 2. The Morgan fingerprint density at radius 3 is 2.86 bits per heavy atom. The van der Waals surface area contributed by atoms with Gasteiger partial charge in [0, 0.05) is 38.3 Å². The number of carbonyl (C=O) groups is 1. The molecule has 112 valence electrons. The lowest BCUT2D eigenvalue weighted by Gasteiger charge is -2.10. The fraction of sp³-hybridized carbons (Fsp3) is 0.375. The minimum absolute atomic E-state index is 0.0840. The number of rotatable bonds is 7. The number of amides is 1. The third-order valence-corrected chi connectivity index (χ3v) is 3.36. The molecular formula is C16H21N3O2.